The lowest BCUT2D eigenvalue weighted by Gasteiger charge is -2.11. The molecule has 0 aliphatic rings. The van der Waals surface area contributed by atoms with Gasteiger partial charge in [-0.15, -0.1) is 0 Å². The number of ether oxygens (including phenoxy) is 1. The highest BCUT2D eigenvalue weighted by atomic mass is 32.2. The molecule has 0 saturated heterocycles. The molecule has 2 aromatic rings. The molecule has 158 valence electrons. The number of nitrogens with one attached hydrogen (secondary N) is 2. The van der Waals surface area contributed by atoms with Crippen LogP contribution < -0.4 is 10.0 Å². The SMILES string of the molecule is CCOC(=O)c1c(S(=O)(=O)NCC(=O)Nc2ccccc2CC)c(C)n(C)c1C. The third-order valence-electron chi connectivity index (χ3n) is 4.77. The van der Waals surface area contributed by atoms with Crippen LogP contribution in [0.5, 0.6) is 0 Å². The number of aromatic nitrogens is 1. The minimum absolute atomic E-state index is 0.0175. The molecule has 1 amide bonds. The Balaban J connectivity index is 2.25. The van der Waals surface area contributed by atoms with E-state index >= 15 is 0 Å². The fourth-order valence-corrected chi connectivity index (χ4v) is 4.56. The maximum atomic E-state index is 12.9. The summed E-state index contributed by atoms with van der Waals surface area (Å²) in [5.41, 5.74) is 2.43. The lowest BCUT2D eigenvalue weighted by Crippen LogP contribution is -2.34. The normalized spacial score (nSPS) is 11.3. The van der Waals surface area contributed by atoms with Crippen LogP contribution in [0.15, 0.2) is 29.2 Å². The number of carbonyl (C=O) groups is 2. The van der Waals surface area contributed by atoms with Crippen LogP contribution in [0.1, 0.15) is 41.2 Å². The summed E-state index contributed by atoms with van der Waals surface area (Å²) in [6.45, 7) is 6.52. The van der Waals surface area contributed by atoms with Gasteiger partial charge >= 0.3 is 5.97 Å². The number of aryl methyl sites for hydroxylation is 1. The molecular formula is C20H27N3O5S. The molecule has 0 unspecified atom stereocenters. The lowest BCUT2D eigenvalue weighted by atomic mass is 10.1. The molecule has 0 aliphatic carbocycles. The maximum absolute atomic E-state index is 12.9. The van der Waals surface area contributed by atoms with Gasteiger partial charge in [0.25, 0.3) is 0 Å². The van der Waals surface area contributed by atoms with Gasteiger partial charge in [-0.1, -0.05) is 25.1 Å². The van der Waals surface area contributed by atoms with Gasteiger partial charge < -0.3 is 14.6 Å². The summed E-state index contributed by atoms with van der Waals surface area (Å²) in [6.07, 6.45) is 0.730. The molecule has 0 radical (unpaired) electrons. The number of hydrogen-bond acceptors (Lipinski definition) is 5. The summed E-state index contributed by atoms with van der Waals surface area (Å²) < 4.78 is 34.8. The maximum Gasteiger partial charge on any atom is 0.341 e. The van der Waals surface area contributed by atoms with Gasteiger partial charge in [0.05, 0.1) is 13.2 Å². The Morgan fingerprint density at radius 1 is 1.10 bits per heavy atom. The first kappa shape index (κ1) is 22.6. The minimum Gasteiger partial charge on any atom is -0.462 e. The van der Waals surface area contributed by atoms with Crippen molar-refractivity contribution in [2.45, 2.75) is 39.0 Å². The first-order chi connectivity index (χ1) is 13.6. The molecule has 0 saturated carbocycles. The zero-order chi connectivity index (χ0) is 21.8. The van der Waals surface area contributed by atoms with Crippen molar-refractivity contribution in [1.29, 1.82) is 0 Å². The molecule has 9 heteroatoms. The Kier molecular flexibility index (Phi) is 7.21. The average Bonchev–Trinajstić information content (AvgIpc) is 2.92. The van der Waals surface area contributed by atoms with E-state index in [1.807, 2.05) is 19.1 Å². The van der Waals surface area contributed by atoms with E-state index in [4.69, 9.17) is 4.74 Å². The molecule has 1 aromatic heterocycles. The smallest absolute Gasteiger partial charge is 0.341 e. The summed E-state index contributed by atoms with van der Waals surface area (Å²) in [4.78, 5) is 24.5. The number of esters is 1. The number of carbonyl (C=O) groups excluding carboxylic acids is 2. The largest absolute Gasteiger partial charge is 0.462 e. The zero-order valence-corrected chi connectivity index (χ0v) is 18.1. The molecule has 1 heterocycles. The molecular weight excluding hydrogens is 394 g/mol. The Hall–Kier alpha value is -2.65. The van der Waals surface area contributed by atoms with E-state index in [0.717, 1.165) is 12.0 Å². The van der Waals surface area contributed by atoms with Crippen molar-refractivity contribution in [3.05, 3.63) is 46.8 Å². The van der Waals surface area contributed by atoms with E-state index in [2.05, 4.69) is 10.0 Å². The second kappa shape index (κ2) is 9.23. The van der Waals surface area contributed by atoms with Gasteiger partial charge in [0.2, 0.25) is 15.9 Å². The first-order valence-electron chi connectivity index (χ1n) is 9.34. The van der Waals surface area contributed by atoms with Gasteiger partial charge in [0.15, 0.2) is 0 Å². The van der Waals surface area contributed by atoms with E-state index < -0.39 is 28.4 Å². The van der Waals surface area contributed by atoms with Crippen LogP contribution in [0.4, 0.5) is 5.69 Å². The van der Waals surface area contributed by atoms with Crippen molar-refractivity contribution in [1.82, 2.24) is 9.29 Å². The van der Waals surface area contributed by atoms with Crippen molar-refractivity contribution in [3.8, 4) is 0 Å². The third kappa shape index (κ3) is 4.86. The second-order valence-corrected chi connectivity index (χ2v) is 8.24. The standard InChI is InChI=1S/C20H27N3O5S/c1-6-15-10-8-9-11-16(15)22-17(24)12-21-29(26,27)19-14(4)23(5)13(3)18(19)20(25)28-7-2/h8-11,21H,6-7,12H2,1-5H3,(H,22,24). The van der Waals surface area contributed by atoms with E-state index in [1.165, 1.54) is 0 Å². The zero-order valence-electron chi connectivity index (χ0n) is 17.3. The molecule has 0 spiro atoms. The van der Waals surface area contributed by atoms with Crippen LogP contribution >= 0.6 is 0 Å². The lowest BCUT2D eigenvalue weighted by molar-refractivity contribution is -0.115. The molecule has 29 heavy (non-hydrogen) atoms. The fraction of sp³-hybridized carbons (Fsp3) is 0.400. The van der Waals surface area contributed by atoms with Gasteiger partial charge in [0.1, 0.15) is 10.5 Å². The Labute approximate surface area is 171 Å². The number of hydrogen-bond donors (Lipinski definition) is 2. The second-order valence-electron chi connectivity index (χ2n) is 6.54. The van der Waals surface area contributed by atoms with Crippen molar-refractivity contribution in [3.63, 3.8) is 0 Å². The number of anilines is 1. The van der Waals surface area contributed by atoms with Crippen molar-refractivity contribution < 1.29 is 22.7 Å². The highest BCUT2D eigenvalue weighted by molar-refractivity contribution is 7.89. The molecule has 0 aliphatic heterocycles. The van der Waals surface area contributed by atoms with E-state index in [1.54, 1.807) is 44.5 Å². The molecule has 2 rings (SSSR count). The van der Waals surface area contributed by atoms with Crippen LogP contribution in [0.25, 0.3) is 0 Å². The number of para-hydroxylation sites is 1. The topological polar surface area (TPSA) is 106 Å². The summed E-state index contributed by atoms with van der Waals surface area (Å²) in [5.74, 6) is -1.21. The third-order valence-corrected chi connectivity index (χ3v) is 6.33. The number of nitrogens with zero attached hydrogens (tertiary/aromatic N) is 1. The Morgan fingerprint density at radius 2 is 1.76 bits per heavy atom. The first-order valence-corrected chi connectivity index (χ1v) is 10.8. The average molecular weight is 422 g/mol. The van der Waals surface area contributed by atoms with Crippen molar-refractivity contribution >= 4 is 27.6 Å². The highest BCUT2D eigenvalue weighted by Crippen LogP contribution is 2.26. The monoisotopic (exact) mass is 421 g/mol. The molecule has 1 aromatic carbocycles. The van der Waals surface area contributed by atoms with E-state index in [-0.39, 0.29) is 17.1 Å². The van der Waals surface area contributed by atoms with Crippen LogP contribution in [0.2, 0.25) is 0 Å². The van der Waals surface area contributed by atoms with E-state index in [0.29, 0.717) is 17.1 Å². The highest BCUT2D eigenvalue weighted by Gasteiger charge is 2.31. The Morgan fingerprint density at radius 3 is 2.38 bits per heavy atom. The quantitative estimate of drug-likeness (QED) is 0.636. The summed E-state index contributed by atoms with van der Waals surface area (Å²) in [6, 6.07) is 7.31. The molecule has 0 atom stereocenters. The molecule has 2 N–H and O–H groups in total. The van der Waals surface area contributed by atoms with Crippen molar-refractivity contribution in [2.75, 3.05) is 18.5 Å². The number of rotatable bonds is 8. The van der Waals surface area contributed by atoms with Crippen molar-refractivity contribution in [2.24, 2.45) is 7.05 Å². The molecule has 8 nitrogen and oxygen atoms in total. The van der Waals surface area contributed by atoms with Crippen LogP contribution in [0.3, 0.4) is 0 Å². The van der Waals surface area contributed by atoms with Gasteiger partial charge in [-0.05, 0) is 38.8 Å². The minimum atomic E-state index is -4.12. The number of benzene rings is 1. The predicted octanol–water partition coefficient (Wildman–Crippen LogP) is 2.30. The predicted molar refractivity (Wildman–Crippen MR) is 110 cm³/mol. The van der Waals surface area contributed by atoms with Crippen LogP contribution in [-0.2, 0) is 33.0 Å². The number of amides is 1. The van der Waals surface area contributed by atoms with Crippen LogP contribution in [0, 0.1) is 13.8 Å². The van der Waals surface area contributed by atoms with Gasteiger partial charge in [-0.3, -0.25) is 4.79 Å². The summed E-state index contributed by atoms with van der Waals surface area (Å²) in [5, 5.41) is 2.71. The molecule has 0 fully saturated rings. The van der Waals surface area contributed by atoms with Gasteiger partial charge in [-0.2, -0.15) is 0 Å². The molecule has 0 bridgehead atoms. The number of sulfonamides is 1. The van der Waals surface area contributed by atoms with Gasteiger partial charge in [-0.25, -0.2) is 17.9 Å². The van der Waals surface area contributed by atoms with Crippen LogP contribution in [-0.4, -0.2) is 38.0 Å². The summed E-state index contributed by atoms with van der Waals surface area (Å²) in [7, 11) is -2.45. The van der Waals surface area contributed by atoms with E-state index in [9.17, 15) is 18.0 Å². The van der Waals surface area contributed by atoms with Gasteiger partial charge in [0, 0.05) is 24.1 Å². The summed E-state index contributed by atoms with van der Waals surface area (Å²) >= 11 is 0. The fourth-order valence-electron chi connectivity index (χ4n) is 3.07. The Bertz CT molecular complexity index is 1020.